The van der Waals surface area contributed by atoms with Crippen LogP contribution in [0.4, 0.5) is 0 Å². The number of likely N-dealkylation sites (tertiary alicyclic amines) is 1. The van der Waals surface area contributed by atoms with Gasteiger partial charge in [0.25, 0.3) is 0 Å². The zero-order chi connectivity index (χ0) is 26.7. The van der Waals surface area contributed by atoms with Crippen molar-refractivity contribution in [2.45, 2.75) is 78.6 Å². The van der Waals surface area contributed by atoms with Crippen molar-refractivity contribution in [2.75, 3.05) is 13.1 Å². The SMILES string of the molecule is CCC[C@H]1CN(C/C(=C\C#N)c2cc(C(C)(C)C)c(O)c(C(C)(C)C)c2)C(=N)[C@@H]1Cc1ccccc1.Cl. The largest absolute Gasteiger partial charge is 0.507 e. The highest BCUT2D eigenvalue weighted by molar-refractivity contribution is 5.87. The Morgan fingerprint density at radius 2 is 1.65 bits per heavy atom. The molecule has 0 aromatic heterocycles. The monoisotopic (exact) mass is 521 g/mol. The first kappa shape index (κ1) is 30.5. The van der Waals surface area contributed by atoms with Crippen LogP contribution in [0.2, 0.25) is 0 Å². The van der Waals surface area contributed by atoms with Crippen LogP contribution in [-0.4, -0.2) is 28.9 Å². The Labute approximate surface area is 230 Å². The fraction of sp³-hybridized carbons (Fsp3) is 0.500. The van der Waals surface area contributed by atoms with Gasteiger partial charge in [0.2, 0.25) is 0 Å². The van der Waals surface area contributed by atoms with Gasteiger partial charge in [-0.2, -0.15) is 5.26 Å². The van der Waals surface area contributed by atoms with Crippen LogP contribution in [0.15, 0.2) is 48.5 Å². The van der Waals surface area contributed by atoms with Crippen LogP contribution in [0.25, 0.3) is 5.57 Å². The number of nitriles is 1. The topological polar surface area (TPSA) is 71.1 Å². The Bertz CT molecular complexity index is 1110. The highest BCUT2D eigenvalue weighted by Crippen LogP contribution is 2.41. The summed E-state index contributed by atoms with van der Waals surface area (Å²) in [5.74, 6) is 1.63. The first-order valence-corrected chi connectivity index (χ1v) is 13.2. The number of benzene rings is 2. The van der Waals surface area contributed by atoms with E-state index in [9.17, 15) is 10.4 Å². The van der Waals surface area contributed by atoms with E-state index in [0.717, 1.165) is 48.1 Å². The van der Waals surface area contributed by atoms with Gasteiger partial charge in [0.05, 0.1) is 11.9 Å². The zero-order valence-corrected chi connectivity index (χ0v) is 24.4. The lowest BCUT2D eigenvalue weighted by Crippen LogP contribution is -2.29. The van der Waals surface area contributed by atoms with E-state index in [2.05, 4.69) is 83.7 Å². The number of phenolic OH excluding ortho intramolecular Hbond substituents is 1. The van der Waals surface area contributed by atoms with Gasteiger partial charge in [0.15, 0.2) is 0 Å². The average Bonchev–Trinajstić information content (AvgIpc) is 3.07. The van der Waals surface area contributed by atoms with Crippen LogP contribution in [0.3, 0.4) is 0 Å². The van der Waals surface area contributed by atoms with Crippen LogP contribution < -0.4 is 0 Å². The Balaban J connectivity index is 0.00000481. The number of hydrogen-bond acceptors (Lipinski definition) is 3. The van der Waals surface area contributed by atoms with E-state index >= 15 is 0 Å². The molecule has 0 radical (unpaired) electrons. The third-order valence-electron chi connectivity index (χ3n) is 7.37. The van der Waals surface area contributed by atoms with Gasteiger partial charge >= 0.3 is 0 Å². The highest BCUT2D eigenvalue weighted by Gasteiger charge is 2.37. The molecule has 0 bridgehead atoms. The number of allylic oxidation sites excluding steroid dienone is 1. The van der Waals surface area contributed by atoms with Crippen LogP contribution in [0.1, 0.15) is 83.6 Å². The van der Waals surface area contributed by atoms with Gasteiger partial charge in [0, 0.05) is 36.2 Å². The minimum Gasteiger partial charge on any atom is -0.507 e. The number of phenols is 1. The van der Waals surface area contributed by atoms with Crippen molar-refractivity contribution in [3.63, 3.8) is 0 Å². The Morgan fingerprint density at radius 1 is 1.08 bits per heavy atom. The van der Waals surface area contributed by atoms with Gasteiger partial charge in [-0.15, -0.1) is 12.4 Å². The third-order valence-corrected chi connectivity index (χ3v) is 7.37. The molecule has 2 aromatic carbocycles. The summed E-state index contributed by atoms with van der Waals surface area (Å²) in [7, 11) is 0. The second-order valence-corrected chi connectivity index (χ2v) is 12.3. The smallest absolute Gasteiger partial charge is 0.123 e. The number of aromatic hydroxyl groups is 1. The first-order chi connectivity index (χ1) is 16.9. The fourth-order valence-corrected chi connectivity index (χ4v) is 5.38. The van der Waals surface area contributed by atoms with Gasteiger partial charge in [-0.1, -0.05) is 85.2 Å². The summed E-state index contributed by atoms with van der Waals surface area (Å²) in [4.78, 5) is 2.16. The van der Waals surface area contributed by atoms with Crippen LogP contribution in [0, 0.1) is 28.6 Å². The number of rotatable bonds is 7. The minimum atomic E-state index is -0.245. The molecule has 1 aliphatic rings. The second-order valence-electron chi connectivity index (χ2n) is 12.3. The molecule has 2 aromatic rings. The number of hydrogen-bond donors (Lipinski definition) is 2. The maximum atomic E-state index is 11.2. The molecule has 0 amide bonds. The summed E-state index contributed by atoms with van der Waals surface area (Å²) in [5, 5.41) is 30.0. The van der Waals surface area contributed by atoms with Crippen molar-refractivity contribution in [3.05, 3.63) is 70.8 Å². The summed E-state index contributed by atoms with van der Waals surface area (Å²) < 4.78 is 0. The van der Waals surface area contributed by atoms with Gasteiger partial charge in [-0.3, -0.25) is 5.41 Å². The molecule has 37 heavy (non-hydrogen) atoms. The molecular formula is C32H44ClN3O. The Hall–Kier alpha value is -2.77. The van der Waals surface area contributed by atoms with Gasteiger partial charge in [0.1, 0.15) is 5.75 Å². The quantitative estimate of drug-likeness (QED) is 0.364. The van der Waals surface area contributed by atoms with E-state index in [1.54, 1.807) is 6.08 Å². The summed E-state index contributed by atoms with van der Waals surface area (Å²) in [6.07, 6.45) is 4.69. The molecule has 5 heteroatoms. The Kier molecular flexibility index (Phi) is 10.0. The molecule has 0 unspecified atom stereocenters. The summed E-state index contributed by atoms with van der Waals surface area (Å²) >= 11 is 0. The Morgan fingerprint density at radius 3 is 2.14 bits per heavy atom. The minimum absolute atomic E-state index is 0. The van der Waals surface area contributed by atoms with Crippen molar-refractivity contribution in [3.8, 4) is 11.8 Å². The molecule has 1 heterocycles. The molecule has 1 fully saturated rings. The summed E-state index contributed by atoms with van der Waals surface area (Å²) in [6, 6.07) is 16.8. The molecule has 200 valence electrons. The highest BCUT2D eigenvalue weighted by atomic mass is 35.5. The average molecular weight is 522 g/mol. The van der Waals surface area contributed by atoms with E-state index < -0.39 is 0 Å². The van der Waals surface area contributed by atoms with Gasteiger partial charge in [-0.05, 0) is 58.4 Å². The maximum Gasteiger partial charge on any atom is 0.123 e. The van der Waals surface area contributed by atoms with Crippen molar-refractivity contribution < 1.29 is 5.11 Å². The third kappa shape index (κ3) is 7.17. The van der Waals surface area contributed by atoms with Crippen molar-refractivity contribution >= 4 is 23.8 Å². The molecule has 0 spiro atoms. The molecule has 2 N–H and O–H groups in total. The van der Waals surface area contributed by atoms with Crippen molar-refractivity contribution in [1.82, 2.24) is 4.90 Å². The number of amidine groups is 1. The molecule has 0 saturated carbocycles. The zero-order valence-electron chi connectivity index (χ0n) is 23.6. The van der Waals surface area contributed by atoms with Crippen molar-refractivity contribution in [1.29, 1.82) is 10.7 Å². The number of halogens is 1. The van der Waals surface area contributed by atoms with Gasteiger partial charge < -0.3 is 10.0 Å². The first-order valence-electron chi connectivity index (χ1n) is 13.2. The van der Waals surface area contributed by atoms with Gasteiger partial charge in [-0.25, -0.2) is 0 Å². The number of nitrogens with zero attached hydrogens (tertiary/aromatic N) is 2. The predicted octanol–water partition coefficient (Wildman–Crippen LogP) is 7.88. The fourth-order valence-electron chi connectivity index (χ4n) is 5.38. The maximum absolute atomic E-state index is 11.2. The lowest BCUT2D eigenvalue weighted by atomic mass is 9.77. The summed E-state index contributed by atoms with van der Waals surface area (Å²) in [5.41, 5.74) is 4.40. The molecular weight excluding hydrogens is 478 g/mol. The van der Waals surface area contributed by atoms with E-state index in [-0.39, 0.29) is 29.2 Å². The normalized spacial score (nSPS) is 18.5. The van der Waals surface area contributed by atoms with E-state index in [4.69, 9.17) is 5.41 Å². The molecule has 1 saturated heterocycles. The molecule has 1 aliphatic heterocycles. The van der Waals surface area contributed by atoms with E-state index in [0.29, 0.717) is 24.0 Å². The summed E-state index contributed by atoms with van der Waals surface area (Å²) in [6.45, 7) is 16.2. The van der Waals surface area contributed by atoms with Crippen LogP contribution >= 0.6 is 12.4 Å². The molecule has 3 rings (SSSR count). The molecule has 2 atom stereocenters. The molecule has 0 aliphatic carbocycles. The number of nitrogens with one attached hydrogen (secondary N) is 1. The van der Waals surface area contributed by atoms with Crippen LogP contribution in [0.5, 0.6) is 5.75 Å². The van der Waals surface area contributed by atoms with E-state index in [1.807, 2.05) is 18.2 Å². The van der Waals surface area contributed by atoms with E-state index in [1.165, 1.54) is 5.56 Å². The lowest BCUT2D eigenvalue weighted by Gasteiger charge is -2.29. The second kappa shape index (κ2) is 12.2. The van der Waals surface area contributed by atoms with Crippen LogP contribution in [-0.2, 0) is 17.3 Å². The predicted molar refractivity (Wildman–Crippen MR) is 158 cm³/mol. The lowest BCUT2D eigenvalue weighted by molar-refractivity contribution is 0.373. The standard InChI is InChI=1S/C32H43N3O.ClH/c1-8-12-24-21-35(30(34)26(24)17-22-13-10-9-11-14-22)20-23(15-16-33)25-18-27(31(2,3)4)29(36)28(19-25)32(5,6)7;/h9-11,13-15,18-19,24,26,34,36H,8,12,17,20-21H2,1-7H3;1H/b23-15+,34-30?;/t24-,26+;/m0./s1. The molecule has 4 nitrogen and oxygen atoms in total. The van der Waals surface area contributed by atoms with Crippen molar-refractivity contribution in [2.24, 2.45) is 11.8 Å².